The third-order valence-electron chi connectivity index (χ3n) is 2.46. The third-order valence-corrected chi connectivity index (χ3v) is 4.59. The molecule has 0 bridgehead atoms. The van der Waals surface area contributed by atoms with Gasteiger partial charge in [-0.15, -0.1) is 11.3 Å². The molecule has 0 unspecified atom stereocenters. The van der Waals surface area contributed by atoms with Crippen molar-refractivity contribution >= 4 is 51.3 Å². The minimum atomic E-state index is -0.444. The molecule has 2 aromatic heterocycles. The van der Waals surface area contributed by atoms with Gasteiger partial charge in [0.15, 0.2) is 9.60 Å². The van der Waals surface area contributed by atoms with Gasteiger partial charge in [-0.2, -0.15) is 0 Å². The van der Waals surface area contributed by atoms with Crippen LogP contribution in [0.1, 0.15) is 37.7 Å². The maximum Gasteiger partial charge on any atom is 0.350 e. The van der Waals surface area contributed by atoms with Gasteiger partial charge in [0, 0.05) is 4.88 Å². The molecule has 1 amide bonds. The van der Waals surface area contributed by atoms with Crippen molar-refractivity contribution in [3.63, 3.8) is 0 Å². The van der Waals surface area contributed by atoms with Crippen LogP contribution >= 0.6 is 34.3 Å². The van der Waals surface area contributed by atoms with Crippen LogP contribution in [0.4, 0.5) is 5.13 Å². The molecule has 9 heteroatoms. The summed E-state index contributed by atoms with van der Waals surface area (Å²) in [6, 6.07) is 0. The number of nitrogens with one attached hydrogen (secondary N) is 1. The maximum atomic E-state index is 12.1. The number of thiazole rings is 2. The number of amides is 1. The number of hydrogen-bond acceptors (Lipinski definition) is 7. The summed E-state index contributed by atoms with van der Waals surface area (Å²) in [5.74, 6) is -0.847. The van der Waals surface area contributed by atoms with Crippen LogP contribution in [0.5, 0.6) is 0 Å². The van der Waals surface area contributed by atoms with Gasteiger partial charge in [-0.1, -0.05) is 22.9 Å². The molecular formula is C12H12ClN3O3S2. The number of carbonyl (C=O) groups is 2. The number of esters is 1. The second-order valence-corrected chi connectivity index (χ2v) is 6.76. The molecule has 0 atom stereocenters. The van der Waals surface area contributed by atoms with E-state index in [2.05, 4.69) is 15.3 Å². The Morgan fingerprint density at radius 3 is 2.57 bits per heavy atom. The van der Waals surface area contributed by atoms with Crippen molar-refractivity contribution in [3.05, 3.63) is 25.6 Å². The third kappa shape index (κ3) is 3.58. The van der Waals surface area contributed by atoms with E-state index < -0.39 is 11.9 Å². The minimum absolute atomic E-state index is 0.260. The quantitative estimate of drug-likeness (QED) is 0.860. The van der Waals surface area contributed by atoms with Crippen molar-refractivity contribution in [2.75, 3.05) is 11.9 Å². The summed E-state index contributed by atoms with van der Waals surface area (Å²) >= 11 is 8.07. The van der Waals surface area contributed by atoms with E-state index in [1.807, 2.05) is 0 Å². The predicted octanol–water partition coefficient (Wildman–Crippen LogP) is 3.30. The standard InChI is InChI=1S/C12H12ClN3O3S2/c1-4-19-10(18)8-5(2)14-12(21-8)16-9(17)7-6(3)20-11(13)15-7/h4H2,1-3H3,(H,14,16,17). The van der Waals surface area contributed by atoms with E-state index in [-0.39, 0.29) is 12.3 Å². The Morgan fingerprint density at radius 2 is 2.00 bits per heavy atom. The second kappa shape index (κ2) is 6.50. The molecule has 0 aliphatic carbocycles. The first-order chi connectivity index (χ1) is 9.92. The van der Waals surface area contributed by atoms with Crippen LogP contribution < -0.4 is 5.32 Å². The lowest BCUT2D eigenvalue weighted by Gasteiger charge is -1.99. The highest BCUT2D eigenvalue weighted by atomic mass is 35.5. The lowest BCUT2D eigenvalue weighted by Crippen LogP contribution is -2.13. The molecule has 0 radical (unpaired) electrons. The number of nitrogens with zero attached hydrogens (tertiary/aromatic N) is 2. The molecule has 2 aromatic rings. The molecule has 6 nitrogen and oxygen atoms in total. The molecule has 1 N–H and O–H groups in total. The fourth-order valence-corrected chi connectivity index (χ4v) is 3.48. The van der Waals surface area contributed by atoms with Gasteiger partial charge < -0.3 is 4.74 Å². The van der Waals surface area contributed by atoms with Gasteiger partial charge >= 0.3 is 5.97 Å². The van der Waals surface area contributed by atoms with E-state index in [4.69, 9.17) is 16.3 Å². The van der Waals surface area contributed by atoms with Crippen LogP contribution in [0.2, 0.25) is 4.47 Å². The number of carbonyl (C=O) groups excluding carboxylic acids is 2. The molecule has 0 aliphatic heterocycles. The average Bonchev–Trinajstić information content (AvgIpc) is 2.92. The molecule has 112 valence electrons. The number of aryl methyl sites for hydroxylation is 2. The SMILES string of the molecule is CCOC(=O)c1sc(NC(=O)c2nc(Cl)sc2C)nc1C. The summed E-state index contributed by atoms with van der Waals surface area (Å²) in [6.45, 7) is 5.46. The van der Waals surface area contributed by atoms with E-state index in [9.17, 15) is 9.59 Å². The average molecular weight is 346 g/mol. The Morgan fingerprint density at radius 1 is 1.29 bits per heavy atom. The summed E-state index contributed by atoms with van der Waals surface area (Å²) in [5.41, 5.74) is 0.775. The highest BCUT2D eigenvalue weighted by Gasteiger charge is 2.20. The van der Waals surface area contributed by atoms with E-state index in [1.165, 1.54) is 11.3 Å². The number of halogens is 1. The Hall–Kier alpha value is -1.51. The fourth-order valence-electron chi connectivity index (χ4n) is 1.57. The van der Waals surface area contributed by atoms with Gasteiger partial charge in [-0.05, 0) is 20.8 Å². The van der Waals surface area contributed by atoms with Gasteiger partial charge in [0.05, 0.1) is 12.3 Å². The van der Waals surface area contributed by atoms with E-state index in [1.54, 1.807) is 20.8 Å². The highest BCUT2D eigenvalue weighted by molar-refractivity contribution is 7.17. The summed E-state index contributed by atoms with van der Waals surface area (Å²) in [5, 5.41) is 2.94. The van der Waals surface area contributed by atoms with Crippen LogP contribution in [0, 0.1) is 13.8 Å². The monoisotopic (exact) mass is 345 g/mol. The zero-order valence-corrected chi connectivity index (χ0v) is 13.9. The molecular weight excluding hydrogens is 334 g/mol. The molecule has 0 spiro atoms. The molecule has 2 rings (SSSR count). The van der Waals surface area contributed by atoms with Gasteiger partial charge in [0.2, 0.25) is 0 Å². The molecule has 0 aliphatic rings. The summed E-state index contributed by atoms with van der Waals surface area (Å²) in [4.78, 5) is 33.0. The first kappa shape index (κ1) is 15.9. The van der Waals surface area contributed by atoms with Crippen molar-refractivity contribution in [1.82, 2.24) is 9.97 Å². The molecule has 21 heavy (non-hydrogen) atoms. The summed E-state index contributed by atoms with van der Waals surface area (Å²) in [7, 11) is 0. The van der Waals surface area contributed by atoms with E-state index >= 15 is 0 Å². The maximum absolute atomic E-state index is 12.1. The van der Waals surface area contributed by atoms with Crippen LogP contribution in [-0.4, -0.2) is 28.5 Å². The van der Waals surface area contributed by atoms with Crippen LogP contribution in [0.15, 0.2) is 0 Å². The smallest absolute Gasteiger partial charge is 0.350 e. The largest absolute Gasteiger partial charge is 0.462 e. The van der Waals surface area contributed by atoms with Crippen molar-refractivity contribution in [3.8, 4) is 0 Å². The van der Waals surface area contributed by atoms with E-state index in [0.717, 1.165) is 16.2 Å². The van der Waals surface area contributed by atoms with Crippen LogP contribution in [0.25, 0.3) is 0 Å². The zero-order chi connectivity index (χ0) is 15.6. The summed E-state index contributed by atoms with van der Waals surface area (Å²) in [6.07, 6.45) is 0. The summed E-state index contributed by atoms with van der Waals surface area (Å²) < 4.78 is 5.23. The zero-order valence-electron chi connectivity index (χ0n) is 11.5. The Balaban J connectivity index is 2.17. The van der Waals surface area contributed by atoms with Crippen molar-refractivity contribution in [1.29, 1.82) is 0 Å². The van der Waals surface area contributed by atoms with Gasteiger partial charge in [-0.25, -0.2) is 14.8 Å². The first-order valence-electron chi connectivity index (χ1n) is 6.01. The molecule has 2 heterocycles. The minimum Gasteiger partial charge on any atom is -0.462 e. The molecule has 0 saturated heterocycles. The molecule has 0 fully saturated rings. The van der Waals surface area contributed by atoms with Gasteiger partial charge in [0.1, 0.15) is 10.6 Å². The highest BCUT2D eigenvalue weighted by Crippen LogP contribution is 2.26. The number of ether oxygens (including phenoxy) is 1. The van der Waals surface area contributed by atoms with Crippen LogP contribution in [-0.2, 0) is 4.74 Å². The number of anilines is 1. The van der Waals surface area contributed by atoms with Crippen molar-refractivity contribution in [2.24, 2.45) is 0 Å². The lowest BCUT2D eigenvalue weighted by atomic mass is 10.3. The molecule has 0 aromatic carbocycles. The van der Waals surface area contributed by atoms with E-state index in [0.29, 0.717) is 20.2 Å². The number of hydrogen-bond donors (Lipinski definition) is 1. The Bertz CT molecular complexity index is 696. The predicted molar refractivity (Wildman–Crippen MR) is 82.6 cm³/mol. The topological polar surface area (TPSA) is 81.2 Å². The fraction of sp³-hybridized carbons (Fsp3) is 0.333. The first-order valence-corrected chi connectivity index (χ1v) is 8.02. The number of rotatable bonds is 4. The Labute approximate surface area is 134 Å². The van der Waals surface area contributed by atoms with Gasteiger partial charge in [0.25, 0.3) is 5.91 Å². The lowest BCUT2D eigenvalue weighted by molar-refractivity contribution is 0.0531. The van der Waals surface area contributed by atoms with Gasteiger partial charge in [-0.3, -0.25) is 10.1 Å². The Kier molecular flexibility index (Phi) is 4.92. The normalized spacial score (nSPS) is 10.5. The molecule has 0 saturated carbocycles. The van der Waals surface area contributed by atoms with Crippen LogP contribution in [0.3, 0.4) is 0 Å². The second-order valence-electron chi connectivity index (χ2n) is 3.98. The number of aromatic nitrogens is 2. The van der Waals surface area contributed by atoms with Crippen molar-refractivity contribution in [2.45, 2.75) is 20.8 Å². The van der Waals surface area contributed by atoms with Crippen molar-refractivity contribution < 1.29 is 14.3 Å².